The molecule has 20 heavy (non-hydrogen) atoms. The third-order valence-electron chi connectivity index (χ3n) is 2.65. The molecule has 0 aliphatic heterocycles. The largest absolute Gasteiger partial charge is 0.368 e. The highest BCUT2D eigenvalue weighted by molar-refractivity contribution is 8.00. The molecular weight excluding hydrogens is 275 g/mol. The fourth-order valence-electron chi connectivity index (χ4n) is 1.70. The van der Waals surface area contributed by atoms with Gasteiger partial charge in [0.25, 0.3) is 0 Å². The number of thioether (sulfide) groups is 1. The predicted octanol–water partition coefficient (Wildman–Crippen LogP) is 3.02. The Morgan fingerprint density at radius 1 is 1.25 bits per heavy atom. The minimum absolute atomic E-state index is 0.367. The van der Waals surface area contributed by atoms with Gasteiger partial charge < -0.3 is 5.73 Å². The van der Waals surface area contributed by atoms with Crippen LogP contribution in [0.4, 0.5) is 4.39 Å². The Morgan fingerprint density at radius 2 is 1.95 bits per heavy atom. The molecule has 2 N–H and O–H groups in total. The van der Waals surface area contributed by atoms with Gasteiger partial charge in [0, 0.05) is 4.90 Å². The van der Waals surface area contributed by atoms with E-state index in [1.165, 1.54) is 36.0 Å². The zero-order chi connectivity index (χ0) is 14.5. The Labute approximate surface area is 120 Å². The van der Waals surface area contributed by atoms with E-state index in [2.05, 4.69) is 0 Å². The van der Waals surface area contributed by atoms with Crippen molar-refractivity contribution in [2.24, 2.45) is 5.73 Å². The fourth-order valence-corrected chi connectivity index (χ4v) is 2.74. The second kappa shape index (κ2) is 6.22. The number of nitrogens with two attached hydrogens (primary N) is 1. The van der Waals surface area contributed by atoms with Gasteiger partial charge in [0.15, 0.2) is 0 Å². The summed E-state index contributed by atoms with van der Waals surface area (Å²) in [6.07, 6.45) is 0. The number of hydrogen-bond acceptors (Lipinski definition) is 3. The van der Waals surface area contributed by atoms with Crippen LogP contribution in [0.15, 0.2) is 53.4 Å². The summed E-state index contributed by atoms with van der Waals surface area (Å²) >= 11 is 1.24. The first-order valence-electron chi connectivity index (χ1n) is 5.82. The van der Waals surface area contributed by atoms with E-state index in [1.807, 2.05) is 6.07 Å². The Bertz CT molecular complexity index is 664. The first-order valence-corrected chi connectivity index (χ1v) is 6.69. The van der Waals surface area contributed by atoms with Gasteiger partial charge in [-0.05, 0) is 35.9 Å². The van der Waals surface area contributed by atoms with Crippen LogP contribution in [0.2, 0.25) is 0 Å². The van der Waals surface area contributed by atoms with Crippen LogP contribution in [0, 0.1) is 17.1 Å². The van der Waals surface area contributed by atoms with Gasteiger partial charge in [0.1, 0.15) is 11.1 Å². The third-order valence-corrected chi connectivity index (χ3v) is 3.91. The number of carbonyl (C=O) groups is 1. The van der Waals surface area contributed by atoms with E-state index in [0.717, 1.165) is 4.90 Å². The number of benzene rings is 2. The molecule has 1 unspecified atom stereocenters. The number of amides is 1. The maximum absolute atomic E-state index is 12.9. The molecule has 2 aromatic carbocycles. The molecule has 0 heterocycles. The number of primary amides is 1. The Kier molecular flexibility index (Phi) is 4.38. The predicted molar refractivity (Wildman–Crippen MR) is 75.3 cm³/mol. The second-order valence-corrected chi connectivity index (χ2v) is 5.27. The summed E-state index contributed by atoms with van der Waals surface area (Å²) in [4.78, 5) is 12.3. The molecule has 0 aliphatic carbocycles. The monoisotopic (exact) mass is 286 g/mol. The summed E-state index contributed by atoms with van der Waals surface area (Å²) in [5.41, 5.74) is 6.55. The molecule has 0 saturated heterocycles. The van der Waals surface area contributed by atoms with Gasteiger partial charge in [0.2, 0.25) is 5.91 Å². The molecule has 0 aliphatic rings. The van der Waals surface area contributed by atoms with Crippen molar-refractivity contribution in [2.45, 2.75) is 10.1 Å². The van der Waals surface area contributed by atoms with Gasteiger partial charge in [-0.1, -0.05) is 18.2 Å². The molecule has 0 aromatic heterocycles. The second-order valence-electron chi connectivity index (χ2n) is 4.09. The van der Waals surface area contributed by atoms with Crippen LogP contribution < -0.4 is 5.73 Å². The van der Waals surface area contributed by atoms with Crippen LogP contribution >= 0.6 is 11.8 Å². The van der Waals surface area contributed by atoms with E-state index in [1.54, 1.807) is 24.3 Å². The van der Waals surface area contributed by atoms with Crippen LogP contribution in [0.1, 0.15) is 16.4 Å². The smallest absolute Gasteiger partial charge is 0.235 e. The van der Waals surface area contributed by atoms with Crippen molar-refractivity contribution in [2.75, 3.05) is 0 Å². The molecule has 5 heteroatoms. The first-order chi connectivity index (χ1) is 9.60. The van der Waals surface area contributed by atoms with E-state index in [0.29, 0.717) is 11.1 Å². The lowest BCUT2D eigenvalue weighted by Crippen LogP contribution is -2.18. The normalized spacial score (nSPS) is 11.6. The van der Waals surface area contributed by atoms with Crippen LogP contribution in [0.3, 0.4) is 0 Å². The van der Waals surface area contributed by atoms with Gasteiger partial charge in [-0.3, -0.25) is 4.79 Å². The van der Waals surface area contributed by atoms with Gasteiger partial charge in [-0.15, -0.1) is 11.8 Å². The topological polar surface area (TPSA) is 66.9 Å². The van der Waals surface area contributed by atoms with Crippen molar-refractivity contribution in [3.63, 3.8) is 0 Å². The molecule has 1 atom stereocenters. The molecule has 0 bridgehead atoms. The quantitative estimate of drug-likeness (QED) is 0.878. The maximum atomic E-state index is 12.9. The average Bonchev–Trinajstić information content (AvgIpc) is 2.46. The van der Waals surface area contributed by atoms with Gasteiger partial charge >= 0.3 is 0 Å². The zero-order valence-corrected chi connectivity index (χ0v) is 11.2. The van der Waals surface area contributed by atoms with E-state index in [9.17, 15) is 9.18 Å². The van der Waals surface area contributed by atoms with E-state index in [4.69, 9.17) is 11.0 Å². The lowest BCUT2D eigenvalue weighted by molar-refractivity contribution is -0.117. The number of nitrogens with zero attached hydrogens (tertiary/aromatic N) is 1. The van der Waals surface area contributed by atoms with E-state index in [-0.39, 0.29) is 5.82 Å². The summed E-state index contributed by atoms with van der Waals surface area (Å²) in [7, 11) is 0. The van der Waals surface area contributed by atoms with Crippen molar-refractivity contribution < 1.29 is 9.18 Å². The van der Waals surface area contributed by atoms with Crippen molar-refractivity contribution in [3.05, 3.63) is 65.5 Å². The molecule has 0 saturated carbocycles. The highest BCUT2D eigenvalue weighted by Crippen LogP contribution is 2.35. The maximum Gasteiger partial charge on any atom is 0.235 e. The lowest BCUT2D eigenvalue weighted by atomic mass is 10.1. The summed E-state index contributed by atoms with van der Waals surface area (Å²) in [6.45, 7) is 0. The molecule has 0 fully saturated rings. The number of hydrogen-bond donors (Lipinski definition) is 1. The fraction of sp³-hybridized carbons (Fsp3) is 0.0667. The van der Waals surface area contributed by atoms with Crippen molar-refractivity contribution in [1.82, 2.24) is 0 Å². The minimum Gasteiger partial charge on any atom is -0.368 e. The minimum atomic E-state index is -0.621. The lowest BCUT2D eigenvalue weighted by Gasteiger charge is -2.13. The van der Waals surface area contributed by atoms with Crippen LogP contribution in [0.25, 0.3) is 0 Å². The molecule has 2 aromatic rings. The van der Waals surface area contributed by atoms with Crippen LogP contribution in [0.5, 0.6) is 0 Å². The number of rotatable bonds is 4. The number of halogens is 1. The zero-order valence-electron chi connectivity index (χ0n) is 10.4. The van der Waals surface area contributed by atoms with Crippen LogP contribution in [-0.4, -0.2) is 5.91 Å². The van der Waals surface area contributed by atoms with Crippen molar-refractivity contribution in [1.29, 1.82) is 5.26 Å². The summed E-state index contributed by atoms with van der Waals surface area (Å²) in [5, 5.41) is 8.24. The summed E-state index contributed by atoms with van der Waals surface area (Å²) in [5.74, 6) is -0.877. The third kappa shape index (κ3) is 3.37. The molecule has 0 radical (unpaired) electrons. The number of carbonyl (C=O) groups excluding carboxylic acids is 1. The molecule has 1 amide bonds. The SMILES string of the molecule is N#Cc1cccc(SC(C(N)=O)c2ccc(F)cc2)c1. The Balaban J connectivity index is 2.28. The Hall–Kier alpha value is -2.32. The number of nitriles is 1. The highest BCUT2D eigenvalue weighted by atomic mass is 32.2. The summed E-state index contributed by atoms with van der Waals surface area (Å²) in [6, 6.07) is 14.6. The molecule has 3 nitrogen and oxygen atoms in total. The molecule has 100 valence electrons. The van der Waals surface area contributed by atoms with Crippen molar-refractivity contribution in [3.8, 4) is 6.07 Å². The average molecular weight is 286 g/mol. The standard InChI is InChI=1S/C15H11FN2OS/c16-12-6-4-11(5-7-12)14(15(18)19)20-13-3-1-2-10(8-13)9-17/h1-8,14H,(H2,18,19). The van der Waals surface area contributed by atoms with Crippen molar-refractivity contribution >= 4 is 17.7 Å². The molecule has 2 rings (SSSR count). The van der Waals surface area contributed by atoms with Crippen LogP contribution in [-0.2, 0) is 4.79 Å². The highest BCUT2D eigenvalue weighted by Gasteiger charge is 2.19. The van der Waals surface area contributed by atoms with E-state index >= 15 is 0 Å². The molecule has 0 spiro atoms. The van der Waals surface area contributed by atoms with E-state index < -0.39 is 11.2 Å². The van der Waals surface area contributed by atoms with Gasteiger partial charge in [-0.25, -0.2) is 4.39 Å². The summed E-state index contributed by atoms with van der Waals surface area (Å²) < 4.78 is 12.9. The Morgan fingerprint density at radius 3 is 2.55 bits per heavy atom. The van der Waals surface area contributed by atoms with Gasteiger partial charge in [0.05, 0.1) is 11.6 Å². The van der Waals surface area contributed by atoms with Gasteiger partial charge in [-0.2, -0.15) is 5.26 Å². The first kappa shape index (κ1) is 14.1. The molecular formula is C15H11FN2OS.